The van der Waals surface area contributed by atoms with Gasteiger partial charge in [-0.3, -0.25) is 0 Å². The third kappa shape index (κ3) is 2.55. The molecule has 0 radical (unpaired) electrons. The lowest BCUT2D eigenvalue weighted by atomic mass is 10.1. The summed E-state index contributed by atoms with van der Waals surface area (Å²) in [6, 6.07) is 4.11. The van der Waals surface area contributed by atoms with Gasteiger partial charge in [-0.2, -0.15) is 0 Å². The van der Waals surface area contributed by atoms with E-state index in [1.165, 1.54) is 18.2 Å². The number of benzene rings is 1. The normalized spacial score (nSPS) is 12.2. The van der Waals surface area contributed by atoms with Crippen LogP contribution in [0, 0.1) is 18.2 Å². The molecule has 3 heteroatoms. The zero-order valence-electron chi connectivity index (χ0n) is 6.80. The summed E-state index contributed by atoms with van der Waals surface area (Å²) in [6.07, 6.45) is 4.54. The lowest BCUT2D eigenvalue weighted by Gasteiger charge is -2.09. The van der Waals surface area contributed by atoms with Gasteiger partial charge in [0.2, 0.25) is 0 Å². The van der Waals surface area contributed by atoms with E-state index < -0.39 is 6.10 Å². The number of aliphatic hydroxyl groups is 1. The molecule has 1 unspecified atom stereocenters. The molecule has 0 amide bonds. The smallest absolute Gasteiger partial charge is 0.124 e. The molecule has 1 rings (SSSR count). The van der Waals surface area contributed by atoms with E-state index in [9.17, 15) is 9.50 Å². The van der Waals surface area contributed by atoms with Crippen molar-refractivity contribution >= 4 is 15.9 Å². The van der Waals surface area contributed by atoms with Gasteiger partial charge in [-0.1, -0.05) is 22.0 Å². The Kier molecular flexibility index (Phi) is 3.47. The summed E-state index contributed by atoms with van der Waals surface area (Å²) in [5.41, 5.74) is 0.611. The predicted molar refractivity (Wildman–Crippen MR) is 52.5 cm³/mol. The quantitative estimate of drug-likeness (QED) is 0.791. The van der Waals surface area contributed by atoms with Crippen molar-refractivity contribution in [3.63, 3.8) is 0 Å². The molecule has 0 aromatic heterocycles. The van der Waals surface area contributed by atoms with Gasteiger partial charge in [0.05, 0.1) is 6.10 Å². The van der Waals surface area contributed by atoms with Crippen LogP contribution in [-0.4, -0.2) is 5.11 Å². The molecular formula is C10H8BrFO. The van der Waals surface area contributed by atoms with Gasteiger partial charge in [0.15, 0.2) is 0 Å². The molecule has 68 valence electrons. The summed E-state index contributed by atoms with van der Waals surface area (Å²) in [5, 5.41) is 9.50. The Balaban J connectivity index is 2.96. The Morgan fingerprint density at radius 2 is 2.31 bits per heavy atom. The zero-order chi connectivity index (χ0) is 9.84. The van der Waals surface area contributed by atoms with Crippen molar-refractivity contribution in [2.75, 3.05) is 0 Å². The highest BCUT2D eigenvalue weighted by Crippen LogP contribution is 2.25. The second kappa shape index (κ2) is 4.40. The Labute approximate surface area is 84.7 Å². The van der Waals surface area contributed by atoms with Gasteiger partial charge in [-0.25, -0.2) is 4.39 Å². The van der Waals surface area contributed by atoms with E-state index in [1.54, 1.807) is 0 Å². The highest BCUT2D eigenvalue weighted by Gasteiger charge is 2.10. The van der Waals surface area contributed by atoms with E-state index in [0.717, 1.165) is 0 Å². The molecule has 1 aromatic rings. The molecule has 1 nitrogen and oxygen atoms in total. The number of halogens is 2. The van der Waals surface area contributed by atoms with Gasteiger partial charge < -0.3 is 5.11 Å². The maximum Gasteiger partial charge on any atom is 0.124 e. The van der Waals surface area contributed by atoms with Crippen molar-refractivity contribution in [2.45, 2.75) is 12.5 Å². The maximum atomic E-state index is 12.6. The molecular weight excluding hydrogens is 235 g/mol. The lowest BCUT2D eigenvalue weighted by Crippen LogP contribution is -1.97. The highest BCUT2D eigenvalue weighted by molar-refractivity contribution is 9.10. The van der Waals surface area contributed by atoms with Gasteiger partial charge in [0, 0.05) is 10.9 Å². The second-order valence-corrected chi connectivity index (χ2v) is 3.44. The fourth-order valence-electron chi connectivity index (χ4n) is 0.993. The summed E-state index contributed by atoms with van der Waals surface area (Å²) in [6.45, 7) is 0. The molecule has 0 saturated heterocycles. The third-order valence-electron chi connectivity index (χ3n) is 1.63. The molecule has 13 heavy (non-hydrogen) atoms. The first-order chi connectivity index (χ1) is 6.15. The number of rotatable bonds is 2. The molecule has 0 fully saturated rings. The van der Waals surface area contributed by atoms with Crippen molar-refractivity contribution < 1.29 is 9.50 Å². The molecule has 0 aliphatic carbocycles. The van der Waals surface area contributed by atoms with Crippen molar-refractivity contribution in [3.8, 4) is 12.3 Å². The number of aliphatic hydroxyl groups excluding tert-OH is 1. The first-order valence-electron chi connectivity index (χ1n) is 3.71. The van der Waals surface area contributed by atoms with Crippen LogP contribution in [0.2, 0.25) is 0 Å². The lowest BCUT2D eigenvalue weighted by molar-refractivity contribution is 0.183. The van der Waals surface area contributed by atoms with E-state index in [4.69, 9.17) is 6.42 Å². The van der Waals surface area contributed by atoms with Gasteiger partial charge in [-0.15, -0.1) is 12.3 Å². The average molecular weight is 243 g/mol. The zero-order valence-corrected chi connectivity index (χ0v) is 8.38. The minimum absolute atomic E-state index is 0.226. The topological polar surface area (TPSA) is 20.2 Å². The first-order valence-corrected chi connectivity index (χ1v) is 4.51. The molecule has 0 saturated carbocycles. The monoisotopic (exact) mass is 242 g/mol. The minimum Gasteiger partial charge on any atom is -0.387 e. The van der Waals surface area contributed by atoms with Gasteiger partial charge in [0.25, 0.3) is 0 Å². The molecule has 1 atom stereocenters. The Bertz CT molecular complexity index is 343. The molecule has 0 spiro atoms. The van der Waals surface area contributed by atoms with Gasteiger partial charge in [0.1, 0.15) is 5.82 Å². The predicted octanol–water partition coefficient (Wildman–Crippen LogP) is 2.64. The van der Waals surface area contributed by atoms with Crippen molar-refractivity contribution in [1.29, 1.82) is 0 Å². The Morgan fingerprint density at radius 1 is 1.62 bits per heavy atom. The van der Waals surface area contributed by atoms with E-state index in [0.29, 0.717) is 10.0 Å². The summed E-state index contributed by atoms with van der Waals surface area (Å²) in [4.78, 5) is 0. The SMILES string of the molecule is C#CCC(O)c1ccc(F)cc1Br. The van der Waals surface area contributed by atoms with E-state index in [1.807, 2.05) is 0 Å². The standard InChI is InChI=1S/C10H8BrFO/c1-2-3-10(13)8-5-4-7(12)6-9(8)11/h1,4-6,10,13H,3H2. The number of hydrogen-bond acceptors (Lipinski definition) is 1. The van der Waals surface area contributed by atoms with Crippen LogP contribution in [0.15, 0.2) is 22.7 Å². The summed E-state index contributed by atoms with van der Waals surface area (Å²) in [5.74, 6) is 2.00. The molecule has 1 N–H and O–H groups in total. The van der Waals surface area contributed by atoms with Gasteiger partial charge >= 0.3 is 0 Å². The van der Waals surface area contributed by atoms with Crippen LogP contribution in [0.3, 0.4) is 0 Å². The molecule has 0 aliphatic rings. The van der Waals surface area contributed by atoms with Crippen LogP contribution in [0.5, 0.6) is 0 Å². The molecule has 1 aromatic carbocycles. The van der Waals surface area contributed by atoms with Crippen LogP contribution in [-0.2, 0) is 0 Å². The summed E-state index contributed by atoms with van der Waals surface area (Å²) >= 11 is 3.15. The Morgan fingerprint density at radius 3 is 2.85 bits per heavy atom. The molecule has 0 aliphatic heterocycles. The molecule has 0 heterocycles. The van der Waals surface area contributed by atoms with E-state index in [2.05, 4.69) is 21.9 Å². The minimum atomic E-state index is -0.736. The fourth-order valence-corrected chi connectivity index (χ4v) is 1.61. The number of hydrogen-bond donors (Lipinski definition) is 1. The van der Waals surface area contributed by atoms with Crippen molar-refractivity contribution in [2.24, 2.45) is 0 Å². The number of terminal acetylenes is 1. The van der Waals surface area contributed by atoms with E-state index in [-0.39, 0.29) is 12.2 Å². The average Bonchev–Trinajstić information content (AvgIpc) is 2.04. The highest BCUT2D eigenvalue weighted by atomic mass is 79.9. The summed E-state index contributed by atoms with van der Waals surface area (Å²) < 4.78 is 13.2. The fraction of sp³-hybridized carbons (Fsp3) is 0.200. The second-order valence-electron chi connectivity index (χ2n) is 2.59. The largest absolute Gasteiger partial charge is 0.387 e. The van der Waals surface area contributed by atoms with Crippen LogP contribution < -0.4 is 0 Å². The molecule has 0 bridgehead atoms. The van der Waals surface area contributed by atoms with Gasteiger partial charge in [-0.05, 0) is 17.7 Å². The van der Waals surface area contributed by atoms with E-state index >= 15 is 0 Å². The first kappa shape index (κ1) is 10.2. The van der Waals surface area contributed by atoms with Crippen LogP contribution >= 0.6 is 15.9 Å². The Hall–Kier alpha value is -0.850. The summed E-state index contributed by atoms with van der Waals surface area (Å²) in [7, 11) is 0. The maximum absolute atomic E-state index is 12.6. The van der Waals surface area contributed by atoms with Crippen LogP contribution in [0.1, 0.15) is 18.1 Å². The van der Waals surface area contributed by atoms with Crippen LogP contribution in [0.25, 0.3) is 0 Å². The third-order valence-corrected chi connectivity index (χ3v) is 2.32. The van der Waals surface area contributed by atoms with Crippen molar-refractivity contribution in [1.82, 2.24) is 0 Å². The van der Waals surface area contributed by atoms with Crippen molar-refractivity contribution in [3.05, 3.63) is 34.1 Å². The van der Waals surface area contributed by atoms with Crippen LogP contribution in [0.4, 0.5) is 4.39 Å².